The van der Waals surface area contributed by atoms with Crippen molar-refractivity contribution in [3.05, 3.63) is 24.3 Å². The van der Waals surface area contributed by atoms with Crippen molar-refractivity contribution in [3.8, 4) is 5.75 Å². The maximum atomic E-state index is 15.1. The number of fused-ring (bicyclic) bond motifs is 1. The van der Waals surface area contributed by atoms with Gasteiger partial charge in [-0.1, -0.05) is 41.5 Å². The van der Waals surface area contributed by atoms with Gasteiger partial charge in [0.05, 0.1) is 17.9 Å². The number of cyclic esters (lactones) is 1. The molecular formula is C35H54N2O5. The van der Waals surface area contributed by atoms with Crippen molar-refractivity contribution in [2.75, 3.05) is 31.1 Å². The lowest BCUT2D eigenvalue weighted by atomic mass is 9.67. The molecule has 234 valence electrons. The normalized spacial score (nSPS) is 34.6. The highest BCUT2D eigenvalue weighted by Crippen LogP contribution is 2.77. The monoisotopic (exact) mass is 582 g/mol. The van der Waals surface area contributed by atoms with E-state index in [-0.39, 0.29) is 35.2 Å². The molecule has 7 heteroatoms. The van der Waals surface area contributed by atoms with Crippen molar-refractivity contribution in [2.24, 2.45) is 34.5 Å². The van der Waals surface area contributed by atoms with Crippen molar-refractivity contribution in [3.63, 3.8) is 0 Å². The average molecular weight is 583 g/mol. The highest BCUT2D eigenvalue weighted by atomic mass is 16.8. The first-order valence-electron chi connectivity index (χ1n) is 16.4. The summed E-state index contributed by atoms with van der Waals surface area (Å²) < 4.78 is 17.5. The van der Waals surface area contributed by atoms with Crippen LogP contribution in [0.25, 0.3) is 0 Å². The summed E-state index contributed by atoms with van der Waals surface area (Å²) in [4.78, 5) is 33.3. The van der Waals surface area contributed by atoms with Crippen LogP contribution in [-0.2, 0) is 19.1 Å². The second kappa shape index (κ2) is 11.4. The maximum absolute atomic E-state index is 15.1. The predicted octanol–water partition coefficient (Wildman–Crippen LogP) is 6.34. The molecular weight excluding hydrogens is 528 g/mol. The lowest BCUT2D eigenvalue weighted by molar-refractivity contribution is -0.163. The molecule has 4 unspecified atom stereocenters. The molecule has 7 atom stereocenters. The summed E-state index contributed by atoms with van der Waals surface area (Å²) in [5, 5.41) is 0. The summed E-state index contributed by atoms with van der Waals surface area (Å²) >= 11 is 0. The molecule has 0 radical (unpaired) electrons. The third kappa shape index (κ3) is 5.27. The number of benzene rings is 1. The largest absolute Gasteiger partial charge is 0.494 e. The van der Waals surface area contributed by atoms with Crippen molar-refractivity contribution in [1.82, 2.24) is 4.90 Å². The van der Waals surface area contributed by atoms with Crippen molar-refractivity contribution in [2.45, 2.75) is 112 Å². The molecule has 0 amide bonds. The first-order valence-corrected chi connectivity index (χ1v) is 16.4. The predicted molar refractivity (Wildman–Crippen MR) is 165 cm³/mol. The van der Waals surface area contributed by atoms with Gasteiger partial charge in [0.2, 0.25) is 5.79 Å². The first-order chi connectivity index (χ1) is 19.7. The Kier molecular flexibility index (Phi) is 8.52. The van der Waals surface area contributed by atoms with Gasteiger partial charge in [0.15, 0.2) is 6.10 Å². The Labute approximate surface area is 253 Å². The van der Waals surface area contributed by atoms with E-state index in [1.165, 1.54) is 5.69 Å². The number of Topliss-reactive ketones (excluding diaryl/α,β-unsaturated/α-hetero) is 1. The fourth-order valence-electron chi connectivity index (χ4n) is 9.04. The zero-order valence-corrected chi connectivity index (χ0v) is 27.4. The number of carbonyl (C=O) groups excluding carboxylic acids is 2. The van der Waals surface area contributed by atoms with Crippen LogP contribution in [0.2, 0.25) is 0 Å². The highest BCUT2D eigenvalue weighted by molar-refractivity contribution is 5.96. The van der Waals surface area contributed by atoms with Gasteiger partial charge < -0.3 is 19.1 Å². The number of piperazine rings is 1. The van der Waals surface area contributed by atoms with Crippen molar-refractivity contribution < 1.29 is 23.8 Å². The number of nitrogens with zero attached hydrogens (tertiary/aromatic N) is 2. The van der Waals surface area contributed by atoms with E-state index in [9.17, 15) is 4.79 Å². The number of carbonyl (C=O) groups is 2. The topological polar surface area (TPSA) is 68.3 Å². The standard InChI is InChI=1S/C35H54N2O5/c1-10-19-40-26-14-12-25(13-15-26)36-17-18-37(24(5)21-36)30-23(4)11-16-28-33(6,7)35(28,30)31(38)27(20-22(2)3)29-32(39)42-34(8,9)41-29/h12-15,22-24,27-30H,10-11,16-21H2,1-9H3/t23?,24-,27+,28?,29+,30?,35?/m1/s1. The maximum Gasteiger partial charge on any atom is 0.338 e. The summed E-state index contributed by atoms with van der Waals surface area (Å²) in [5.41, 5.74) is 0.599. The van der Waals surface area contributed by atoms with E-state index in [2.05, 4.69) is 82.5 Å². The second-order valence-electron chi connectivity index (χ2n) is 15.0. The Morgan fingerprint density at radius 2 is 1.76 bits per heavy atom. The van der Waals surface area contributed by atoms with Gasteiger partial charge in [-0.2, -0.15) is 0 Å². The molecule has 1 aromatic rings. The summed E-state index contributed by atoms with van der Waals surface area (Å²) in [7, 11) is 0. The minimum atomic E-state index is -1.00. The number of rotatable bonds is 10. The minimum absolute atomic E-state index is 0.127. The van der Waals surface area contributed by atoms with Gasteiger partial charge >= 0.3 is 5.97 Å². The summed E-state index contributed by atoms with van der Waals surface area (Å²) in [6.45, 7) is 22.6. The molecule has 2 aliphatic carbocycles. The Hall–Kier alpha value is -2.12. The molecule has 0 aromatic heterocycles. The third-order valence-electron chi connectivity index (χ3n) is 10.9. The minimum Gasteiger partial charge on any atom is -0.494 e. The molecule has 4 aliphatic rings. The summed E-state index contributed by atoms with van der Waals surface area (Å²) in [5.74, 6) is 0.234. The Bertz CT molecular complexity index is 1150. The average Bonchev–Trinajstić information content (AvgIpc) is 3.29. The summed E-state index contributed by atoms with van der Waals surface area (Å²) in [6, 6.07) is 8.91. The van der Waals surface area contributed by atoms with E-state index in [1.807, 2.05) is 0 Å². The van der Waals surface area contributed by atoms with Gasteiger partial charge in [0, 0.05) is 51.3 Å². The number of hydrogen-bond donors (Lipinski definition) is 0. The smallest absolute Gasteiger partial charge is 0.338 e. The fourth-order valence-corrected chi connectivity index (χ4v) is 9.04. The van der Waals surface area contributed by atoms with E-state index >= 15 is 4.79 Å². The number of esters is 1. The van der Waals surface area contributed by atoms with Gasteiger partial charge in [0.25, 0.3) is 0 Å². The second-order valence-corrected chi connectivity index (χ2v) is 15.0. The molecule has 7 nitrogen and oxygen atoms in total. The van der Waals surface area contributed by atoms with Crippen LogP contribution in [0.3, 0.4) is 0 Å². The van der Waals surface area contributed by atoms with E-state index in [0.717, 1.165) is 51.3 Å². The molecule has 0 bridgehead atoms. The van der Waals surface area contributed by atoms with E-state index < -0.39 is 23.2 Å². The van der Waals surface area contributed by atoms with E-state index in [1.54, 1.807) is 13.8 Å². The third-order valence-corrected chi connectivity index (χ3v) is 10.9. The quantitative estimate of drug-likeness (QED) is 0.298. The highest BCUT2D eigenvalue weighted by Gasteiger charge is 2.81. The van der Waals surface area contributed by atoms with Crippen LogP contribution in [0.15, 0.2) is 24.3 Å². The Balaban J connectivity index is 1.42. The van der Waals surface area contributed by atoms with Gasteiger partial charge in [0.1, 0.15) is 11.5 Å². The first kappa shape index (κ1) is 31.3. The van der Waals surface area contributed by atoms with Crippen LogP contribution < -0.4 is 9.64 Å². The molecule has 0 spiro atoms. The van der Waals surface area contributed by atoms with Crippen LogP contribution >= 0.6 is 0 Å². The number of anilines is 1. The Morgan fingerprint density at radius 1 is 1.07 bits per heavy atom. The number of ketones is 1. The van der Waals surface area contributed by atoms with Gasteiger partial charge in [-0.15, -0.1) is 0 Å². The van der Waals surface area contributed by atoms with Crippen LogP contribution in [0.5, 0.6) is 5.75 Å². The summed E-state index contributed by atoms with van der Waals surface area (Å²) in [6.07, 6.45) is 2.98. The molecule has 2 aliphatic heterocycles. The number of hydrogen-bond acceptors (Lipinski definition) is 7. The van der Waals surface area contributed by atoms with Crippen molar-refractivity contribution >= 4 is 17.4 Å². The molecule has 0 N–H and O–H groups in total. The lowest BCUT2D eigenvalue weighted by Gasteiger charge is -2.51. The molecule has 42 heavy (non-hydrogen) atoms. The Morgan fingerprint density at radius 3 is 2.33 bits per heavy atom. The molecule has 2 saturated carbocycles. The molecule has 5 rings (SSSR count). The van der Waals surface area contributed by atoms with Gasteiger partial charge in [-0.05, 0) is 80.0 Å². The zero-order valence-electron chi connectivity index (χ0n) is 27.4. The van der Waals surface area contributed by atoms with Crippen LogP contribution in [0.4, 0.5) is 5.69 Å². The molecule has 1 aromatic carbocycles. The zero-order chi connectivity index (χ0) is 30.6. The van der Waals surface area contributed by atoms with Crippen LogP contribution in [-0.4, -0.2) is 66.9 Å². The molecule has 4 fully saturated rings. The molecule has 2 saturated heterocycles. The van der Waals surface area contributed by atoms with Crippen LogP contribution in [0.1, 0.15) is 88.0 Å². The molecule has 2 heterocycles. The van der Waals surface area contributed by atoms with Crippen LogP contribution in [0, 0.1) is 34.5 Å². The number of ether oxygens (including phenoxy) is 3. The van der Waals surface area contributed by atoms with E-state index in [4.69, 9.17) is 14.2 Å². The van der Waals surface area contributed by atoms with Gasteiger partial charge in [-0.3, -0.25) is 9.69 Å². The van der Waals surface area contributed by atoms with Crippen molar-refractivity contribution in [1.29, 1.82) is 0 Å². The fraction of sp³-hybridized carbons (Fsp3) is 0.771. The SMILES string of the molecule is CCCOc1ccc(N2CCN(C3C(C)CCC4C(C)(C)C34C(=O)[C@@H](CC(C)C)[C@@H]3OC(C)(C)OC3=O)[C@H](C)C2)cc1. The van der Waals surface area contributed by atoms with Gasteiger partial charge in [-0.25, -0.2) is 4.79 Å². The lowest BCUT2D eigenvalue weighted by Crippen LogP contribution is -2.63. The van der Waals surface area contributed by atoms with E-state index in [0.29, 0.717) is 18.3 Å².